The first-order chi connectivity index (χ1) is 14.0. The lowest BCUT2D eigenvalue weighted by Gasteiger charge is -2.38. The Kier molecular flexibility index (Phi) is 8.05. The molecule has 0 bridgehead atoms. The SMILES string of the molecule is C=CCCC1CCC(C2CCC(c3ccc(OCC)c(F)c3C(F)F)CO2)CC1. The number of benzene rings is 1. The van der Waals surface area contributed by atoms with Crippen molar-refractivity contribution in [2.45, 2.75) is 76.7 Å². The van der Waals surface area contributed by atoms with Crippen LogP contribution >= 0.6 is 0 Å². The zero-order chi connectivity index (χ0) is 20.8. The average Bonchev–Trinajstić information content (AvgIpc) is 2.74. The summed E-state index contributed by atoms with van der Waals surface area (Å²) in [4.78, 5) is 0. The molecule has 1 aromatic carbocycles. The van der Waals surface area contributed by atoms with Gasteiger partial charge < -0.3 is 9.47 Å². The van der Waals surface area contributed by atoms with Crippen LogP contribution in [0.3, 0.4) is 0 Å². The van der Waals surface area contributed by atoms with Gasteiger partial charge in [0.15, 0.2) is 11.6 Å². The minimum atomic E-state index is -2.87. The van der Waals surface area contributed by atoms with Crippen molar-refractivity contribution in [3.05, 3.63) is 41.7 Å². The van der Waals surface area contributed by atoms with E-state index in [1.165, 1.54) is 38.2 Å². The van der Waals surface area contributed by atoms with E-state index in [1.54, 1.807) is 13.0 Å². The number of allylic oxidation sites excluding steroid dienone is 1. The van der Waals surface area contributed by atoms with Gasteiger partial charge in [-0.1, -0.05) is 25.0 Å². The van der Waals surface area contributed by atoms with E-state index in [0.29, 0.717) is 18.1 Å². The van der Waals surface area contributed by atoms with Gasteiger partial charge in [0.1, 0.15) is 0 Å². The number of ether oxygens (including phenoxy) is 2. The lowest BCUT2D eigenvalue weighted by atomic mass is 9.75. The summed E-state index contributed by atoms with van der Waals surface area (Å²) < 4.78 is 53.1. The van der Waals surface area contributed by atoms with E-state index in [4.69, 9.17) is 9.47 Å². The molecule has 0 spiro atoms. The molecule has 162 valence electrons. The first-order valence-corrected chi connectivity index (χ1v) is 11.0. The van der Waals surface area contributed by atoms with Crippen LogP contribution in [0.1, 0.15) is 81.8 Å². The van der Waals surface area contributed by atoms with Gasteiger partial charge in [-0.25, -0.2) is 13.2 Å². The molecule has 1 aliphatic carbocycles. The van der Waals surface area contributed by atoms with Crippen LogP contribution in [0.15, 0.2) is 24.8 Å². The van der Waals surface area contributed by atoms with Crippen LogP contribution in [-0.2, 0) is 4.74 Å². The Labute approximate surface area is 172 Å². The highest BCUT2D eigenvalue weighted by atomic mass is 19.3. The quantitative estimate of drug-likeness (QED) is 0.422. The highest BCUT2D eigenvalue weighted by molar-refractivity contribution is 5.40. The second-order valence-corrected chi connectivity index (χ2v) is 8.41. The molecule has 2 aliphatic rings. The van der Waals surface area contributed by atoms with E-state index in [1.807, 2.05) is 6.08 Å². The van der Waals surface area contributed by atoms with Crippen molar-refractivity contribution in [2.75, 3.05) is 13.2 Å². The highest BCUT2D eigenvalue weighted by Crippen LogP contribution is 2.42. The maximum absolute atomic E-state index is 14.6. The van der Waals surface area contributed by atoms with E-state index < -0.39 is 17.8 Å². The van der Waals surface area contributed by atoms with Gasteiger partial charge in [0, 0.05) is 5.92 Å². The van der Waals surface area contributed by atoms with Gasteiger partial charge in [-0.15, -0.1) is 6.58 Å². The standard InChI is InChI=1S/C24H33F3O2/c1-3-5-6-16-7-9-17(10-8-16)20-13-11-18(15-29-20)19-12-14-21(28-4-2)23(25)22(19)24(26)27/h3,12,14,16-18,20,24H,1,4-11,13,15H2,2H3. The summed E-state index contributed by atoms with van der Waals surface area (Å²) in [6.07, 6.45) is 8.08. The van der Waals surface area contributed by atoms with Crippen molar-refractivity contribution < 1.29 is 22.6 Å². The molecule has 2 fully saturated rings. The monoisotopic (exact) mass is 410 g/mol. The molecule has 1 aromatic rings. The zero-order valence-electron chi connectivity index (χ0n) is 17.3. The molecule has 1 saturated carbocycles. The summed E-state index contributed by atoms with van der Waals surface area (Å²) in [5.41, 5.74) is -0.154. The van der Waals surface area contributed by atoms with E-state index in [9.17, 15) is 13.2 Å². The first kappa shape index (κ1) is 22.2. The molecule has 0 amide bonds. The molecule has 0 N–H and O–H groups in total. The van der Waals surface area contributed by atoms with Crippen molar-refractivity contribution in [1.29, 1.82) is 0 Å². The normalized spacial score (nSPS) is 27.8. The van der Waals surface area contributed by atoms with Crippen LogP contribution in [0.4, 0.5) is 13.2 Å². The lowest BCUT2D eigenvalue weighted by Crippen LogP contribution is -2.33. The molecule has 1 saturated heterocycles. The van der Waals surface area contributed by atoms with Crippen molar-refractivity contribution in [1.82, 2.24) is 0 Å². The number of rotatable bonds is 8. The van der Waals surface area contributed by atoms with Gasteiger partial charge in [0.25, 0.3) is 6.43 Å². The topological polar surface area (TPSA) is 18.5 Å². The minimum absolute atomic E-state index is 0.102. The Morgan fingerprint density at radius 3 is 2.52 bits per heavy atom. The predicted molar refractivity (Wildman–Crippen MR) is 109 cm³/mol. The summed E-state index contributed by atoms with van der Waals surface area (Å²) in [7, 11) is 0. The molecule has 0 aromatic heterocycles. The van der Waals surface area contributed by atoms with Crippen LogP contribution in [-0.4, -0.2) is 19.3 Å². The summed E-state index contributed by atoms with van der Waals surface area (Å²) in [5, 5.41) is 0. The van der Waals surface area contributed by atoms with Gasteiger partial charge in [0.2, 0.25) is 0 Å². The Bertz CT molecular complexity index is 660. The van der Waals surface area contributed by atoms with Crippen molar-refractivity contribution in [3.8, 4) is 5.75 Å². The molecule has 1 aliphatic heterocycles. The molecule has 0 radical (unpaired) electrons. The number of hydrogen-bond acceptors (Lipinski definition) is 2. The van der Waals surface area contributed by atoms with Gasteiger partial charge >= 0.3 is 0 Å². The second kappa shape index (κ2) is 10.5. The van der Waals surface area contributed by atoms with Crippen LogP contribution in [0.2, 0.25) is 0 Å². The van der Waals surface area contributed by atoms with Gasteiger partial charge in [0.05, 0.1) is 24.9 Å². The zero-order valence-corrected chi connectivity index (χ0v) is 17.3. The molecule has 2 nitrogen and oxygen atoms in total. The highest BCUT2D eigenvalue weighted by Gasteiger charge is 2.34. The minimum Gasteiger partial charge on any atom is -0.491 e. The smallest absolute Gasteiger partial charge is 0.267 e. The molecule has 2 unspecified atom stereocenters. The summed E-state index contributed by atoms with van der Waals surface area (Å²) in [6.45, 7) is 6.13. The van der Waals surface area contributed by atoms with Crippen LogP contribution < -0.4 is 4.74 Å². The Hall–Kier alpha value is -1.49. The fraction of sp³-hybridized carbons (Fsp3) is 0.667. The van der Waals surface area contributed by atoms with Gasteiger partial charge in [-0.2, -0.15) is 0 Å². The molecule has 3 rings (SSSR count). The number of alkyl halides is 2. The third-order valence-electron chi connectivity index (χ3n) is 6.64. The molecular weight excluding hydrogens is 377 g/mol. The molecule has 29 heavy (non-hydrogen) atoms. The fourth-order valence-corrected chi connectivity index (χ4v) is 5.02. The molecular formula is C24H33F3O2. The van der Waals surface area contributed by atoms with E-state index in [0.717, 1.165) is 25.2 Å². The average molecular weight is 411 g/mol. The van der Waals surface area contributed by atoms with E-state index in [-0.39, 0.29) is 24.4 Å². The van der Waals surface area contributed by atoms with E-state index >= 15 is 0 Å². The molecule has 5 heteroatoms. The van der Waals surface area contributed by atoms with Gasteiger partial charge in [-0.05, 0) is 68.9 Å². The summed E-state index contributed by atoms with van der Waals surface area (Å²) >= 11 is 0. The van der Waals surface area contributed by atoms with Gasteiger partial charge in [-0.3, -0.25) is 0 Å². The Morgan fingerprint density at radius 2 is 1.93 bits per heavy atom. The van der Waals surface area contributed by atoms with Crippen molar-refractivity contribution >= 4 is 0 Å². The summed E-state index contributed by atoms with van der Waals surface area (Å²) in [5.74, 6) is 0.127. The maximum atomic E-state index is 14.6. The summed E-state index contributed by atoms with van der Waals surface area (Å²) in [6, 6.07) is 3.06. The molecule has 2 atom stereocenters. The fourth-order valence-electron chi connectivity index (χ4n) is 5.02. The van der Waals surface area contributed by atoms with Crippen molar-refractivity contribution in [2.24, 2.45) is 11.8 Å². The Balaban J connectivity index is 1.60. The largest absolute Gasteiger partial charge is 0.491 e. The second-order valence-electron chi connectivity index (χ2n) is 8.41. The number of halogens is 3. The lowest BCUT2D eigenvalue weighted by molar-refractivity contribution is -0.0440. The third-order valence-corrected chi connectivity index (χ3v) is 6.64. The van der Waals surface area contributed by atoms with E-state index in [2.05, 4.69) is 6.58 Å². The number of hydrogen-bond donors (Lipinski definition) is 0. The first-order valence-electron chi connectivity index (χ1n) is 11.0. The van der Waals surface area contributed by atoms with Crippen LogP contribution in [0.5, 0.6) is 5.75 Å². The van der Waals surface area contributed by atoms with Crippen molar-refractivity contribution in [3.63, 3.8) is 0 Å². The maximum Gasteiger partial charge on any atom is 0.267 e. The Morgan fingerprint density at radius 1 is 1.17 bits per heavy atom. The van der Waals surface area contributed by atoms with Crippen LogP contribution in [0, 0.1) is 17.7 Å². The third kappa shape index (κ3) is 5.36. The predicted octanol–water partition coefficient (Wildman–Crippen LogP) is 7.20. The molecule has 1 heterocycles. The van der Waals surface area contributed by atoms with Crippen LogP contribution in [0.25, 0.3) is 0 Å².